The highest BCUT2D eigenvalue weighted by Gasteiger charge is 2.11. The quantitative estimate of drug-likeness (QED) is 0.652. The maximum atomic E-state index is 10.3. The van der Waals surface area contributed by atoms with Gasteiger partial charge in [-0.05, 0) is 0 Å². The lowest BCUT2D eigenvalue weighted by Crippen LogP contribution is -1.98. The predicted octanol–water partition coefficient (Wildman–Crippen LogP) is 0.334. The van der Waals surface area contributed by atoms with Gasteiger partial charge in [-0.2, -0.15) is 0 Å². The lowest BCUT2D eigenvalue weighted by molar-refractivity contribution is 0.0698. The van der Waals surface area contributed by atoms with E-state index in [2.05, 4.69) is 4.98 Å². The summed E-state index contributed by atoms with van der Waals surface area (Å²) in [5, 5.41) is 17.0. The van der Waals surface area contributed by atoms with Gasteiger partial charge in [0.1, 0.15) is 4.88 Å². The van der Waals surface area contributed by atoms with E-state index in [1.54, 1.807) is 0 Å². The summed E-state index contributed by atoms with van der Waals surface area (Å²) in [6.45, 7) is -0.314. The molecule has 2 N–H and O–H groups in total. The van der Waals surface area contributed by atoms with E-state index in [1.807, 2.05) is 0 Å². The number of aromatic nitrogens is 1. The van der Waals surface area contributed by atoms with Crippen molar-refractivity contribution in [2.75, 3.05) is 0 Å². The van der Waals surface area contributed by atoms with Crippen LogP contribution in [-0.2, 0) is 6.61 Å². The van der Waals surface area contributed by atoms with Gasteiger partial charge < -0.3 is 10.2 Å². The van der Waals surface area contributed by atoms with Crippen LogP contribution in [0.3, 0.4) is 0 Å². The number of carboxylic acids is 1. The van der Waals surface area contributed by atoms with Crippen molar-refractivity contribution < 1.29 is 15.0 Å². The zero-order valence-electron chi connectivity index (χ0n) is 4.94. The summed E-state index contributed by atoms with van der Waals surface area (Å²) in [4.78, 5) is 14.1. The Bertz CT molecular complexity index is 245. The first-order valence-electron chi connectivity index (χ1n) is 2.52. The van der Waals surface area contributed by atoms with Gasteiger partial charge in [0, 0.05) is 0 Å². The summed E-state index contributed by atoms with van der Waals surface area (Å²) in [5.74, 6) is -1.04. The Balaban J connectivity index is 3.01. The van der Waals surface area contributed by atoms with E-state index in [-0.39, 0.29) is 17.2 Å². The molecule has 0 spiro atoms. The summed E-state index contributed by atoms with van der Waals surface area (Å²) in [6, 6.07) is 0. The molecule has 54 valence electrons. The molecular formula is C5H5NO3S. The smallest absolute Gasteiger partial charge is 0.347 e. The summed E-state index contributed by atoms with van der Waals surface area (Å²) >= 11 is 1.01. The van der Waals surface area contributed by atoms with E-state index in [1.165, 1.54) is 5.51 Å². The van der Waals surface area contributed by atoms with Crippen molar-refractivity contribution in [3.8, 4) is 0 Å². The number of aliphatic hydroxyl groups excluding tert-OH is 1. The standard InChI is InChI=1S/C5H5NO3S/c7-1-3-4(5(8)9)10-2-6-3/h2,7H,1H2,(H,8,9). The monoisotopic (exact) mass is 159 g/mol. The highest BCUT2D eigenvalue weighted by Crippen LogP contribution is 2.12. The second-order valence-corrected chi connectivity index (χ2v) is 2.45. The van der Waals surface area contributed by atoms with Crippen LogP contribution in [0.2, 0.25) is 0 Å². The first-order valence-corrected chi connectivity index (χ1v) is 3.40. The van der Waals surface area contributed by atoms with Crippen molar-refractivity contribution in [2.45, 2.75) is 6.61 Å². The number of hydrogen-bond donors (Lipinski definition) is 2. The Kier molecular flexibility index (Phi) is 1.98. The zero-order valence-corrected chi connectivity index (χ0v) is 5.76. The van der Waals surface area contributed by atoms with Gasteiger partial charge in [-0.1, -0.05) is 0 Å². The van der Waals surface area contributed by atoms with Gasteiger partial charge in [-0.15, -0.1) is 11.3 Å². The average Bonchev–Trinajstić information content (AvgIpc) is 2.33. The fourth-order valence-corrected chi connectivity index (χ4v) is 1.20. The van der Waals surface area contributed by atoms with Crippen LogP contribution in [0.1, 0.15) is 15.4 Å². The molecule has 0 fully saturated rings. The van der Waals surface area contributed by atoms with Crippen LogP contribution >= 0.6 is 11.3 Å². The SMILES string of the molecule is O=C(O)c1scnc1CO. The van der Waals surface area contributed by atoms with Crippen LogP contribution < -0.4 is 0 Å². The summed E-state index contributed by atoms with van der Waals surface area (Å²) in [6.07, 6.45) is 0. The van der Waals surface area contributed by atoms with Gasteiger partial charge in [0.25, 0.3) is 0 Å². The molecule has 5 heteroatoms. The maximum Gasteiger partial charge on any atom is 0.347 e. The summed E-state index contributed by atoms with van der Waals surface area (Å²) < 4.78 is 0. The van der Waals surface area contributed by atoms with E-state index in [0.29, 0.717) is 0 Å². The van der Waals surface area contributed by atoms with Crippen LogP contribution in [0, 0.1) is 0 Å². The molecule has 0 aliphatic carbocycles. The van der Waals surface area contributed by atoms with Gasteiger partial charge >= 0.3 is 5.97 Å². The molecule has 1 heterocycles. The predicted molar refractivity (Wildman–Crippen MR) is 35.0 cm³/mol. The molecule has 0 amide bonds. The molecule has 0 atom stereocenters. The number of thiazole rings is 1. The van der Waals surface area contributed by atoms with E-state index >= 15 is 0 Å². The molecule has 0 unspecified atom stereocenters. The largest absolute Gasteiger partial charge is 0.477 e. The topological polar surface area (TPSA) is 70.4 Å². The Hall–Kier alpha value is -0.940. The Morgan fingerprint density at radius 2 is 2.50 bits per heavy atom. The van der Waals surface area contributed by atoms with Crippen LogP contribution in [0.5, 0.6) is 0 Å². The second kappa shape index (κ2) is 2.76. The van der Waals surface area contributed by atoms with E-state index in [0.717, 1.165) is 11.3 Å². The first-order chi connectivity index (χ1) is 4.75. The highest BCUT2D eigenvalue weighted by molar-refractivity contribution is 7.11. The van der Waals surface area contributed by atoms with Gasteiger partial charge in [-0.3, -0.25) is 0 Å². The number of rotatable bonds is 2. The van der Waals surface area contributed by atoms with Crippen molar-refractivity contribution in [3.63, 3.8) is 0 Å². The van der Waals surface area contributed by atoms with E-state index < -0.39 is 5.97 Å². The molecule has 0 bridgehead atoms. The summed E-state index contributed by atoms with van der Waals surface area (Å²) in [7, 11) is 0. The lowest BCUT2D eigenvalue weighted by Gasteiger charge is -1.89. The Labute approximate surface area is 60.8 Å². The molecule has 0 radical (unpaired) electrons. The van der Waals surface area contributed by atoms with Crippen LogP contribution in [0.4, 0.5) is 0 Å². The number of aromatic carboxylic acids is 1. The minimum atomic E-state index is -1.04. The third kappa shape index (κ3) is 1.14. The fourth-order valence-electron chi connectivity index (χ4n) is 0.556. The minimum Gasteiger partial charge on any atom is -0.477 e. The molecule has 0 aliphatic rings. The van der Waals surface area contributed by atoms with E-state index in [9.17, 15) is 4.79 Å². The normalized spacial score (nSPS) is 9.70. The zero-order chi connectivity index (χ0) is 7.56. The molecule has 0 aromatic carbocycles. The summed E-state index contributed by atoms with van der Waals surface area (Å²) in [5.41, 5.74) is 1.63. The van der Waals surface area contributed by atoms with Crippen molar-refractivity contribution in [2.24, 2.45) is 0 Å². The highest BCUT2D eigenvalue weighted by atomic mass is 32.1. The second-order valence-electron chi connectivity index (χ2n) is 1.59. The Morgan fingerprint density at radius 1 is 1.80 bits per heavy atom. The lowest BCUT2D eigenvalue weighted by atomic mass is 10.4. The fraction of sp³-hybridized carbons (Fsp3) is 0.200. The Morgan fingerprint density at radius 3 is 2.90 bits per heavy atom. The molecule has 1 aromatic heterocycles. The number of nitrogens with zero attached hydrogens (tertiary/aromatic N) is 1. The van der Waals surface area contributed by atoms with Gasteiger partial charge in [0.05, 0.1) is 17.8 Å². The van der Waals surface area contributed by atoms with Crippen LogP contribution in [0.15, 0.2) is 5.51 Å². The average molecular weight is 159 g/mol. The third-order valence-electron chi connectivity index (χ3n) is 0.985. The molecule has 1 rings (SSSR count). The number of aliphatic hydroxyl groups is 1. The number of hydrogen-bond acceptors (Lipinski definition) is 4. The van der Waals surface area contributed by atoms with Gasteiger partial charge in [0.2, 0.25) is 0 Å². The van der Waals surface area contributed by atoms with Crippen molar-refractivity contribution in [1.29, 1.82) is 0 Å². The van der Waals surface area contributed by atoms with Crippen LogP contribution in [0.25, 0.3) is 0 Å². The number of carboxylic acid groups (broad SMARTS) is 1. The minimum absolute atomic E-state index is 0.113. The van der Waals surface area contributed by atoms with Crippen LogP contribution in [-0.4, -0.2) is 21.2 Å². The van der Waals surface area contributed by atoms with Crippen molar-refractivity contribution in [3.05, 3.63) is 16.1 Å². The number of carbonyl (C=O) groups is 1. The first kappa shape index (κ1) is 7.17. The van der Waals surface area contributed by atoms with Crippen molar-refractivity contribution in [1.82, 2.24) is 4.98 Å². The molecule has 0 saturated heterocycles. The van der Waals surface area contributed by atoms with E-state index in [4.69, 9.17) is 10.2 Å². The molecular weight excluding hydrogens is 154 g/mol. The van der Waals surface area contributed by atoms with Gasteiger partial charge in [-0.25, -0.2) is 9.78 Å². The third-order valence-corrected chi connectivity index (χ3v) is 1.84. The molecule has 10 heavy (non-hydrogen) atoms. The maximum absolute atomic E-state index is 10.3. The molecule has 0 saturated carbocycles. The molecule has 1 aromatic rings. The van der Waals surface area contributed by atoms with Gasteiger partial charge in [0.15, 0.2) is 0 Å². The molecule has 4 nitrogen and oxygen atoms in total. The molecule has 0 aliphatic heterocycles. The van der Waals surface area contributed by atoms with Crippen molar-refractivity contribution >= 4 is 17.3 Å².